The molecule has 0 aliphatic carbocycles. The van der Waals surface area contributed by atoms with E-state index in [0.29, 0.717) is 22.6 Å². The summed E-state index contributed by atoms with van der Waals surface area (Å²) >= 11 is 6.08. The number of halogens is 1. The van der Waals surface area contributed by atoms with Gasteiger partial charge in [0, 0.05) is 18.5 Å². The zero-order valence-corrected chi connectivity index (χ0v) is 11.6. The maximum Gasteiger partial charge on any atom is 0.227 e. The van der Waals surface area contributed by atoms with Gasteiger partial charge in [-0.15, -0.1) is 0 Å². The standard InChI is InChI=1S/C12H15ClN4O/c1-7(2)11-15-10(13)8(3)12(16-11)18-9-5-14-17(4)6-9/h5-7H,1-4H3. The van der Waals surface area contributed by atoms with Gasteiger partial charge in [-0.25, -0.2) is 4.98 Å². The van der Waals surface area contributed by atoms with Crippen LogP contribution < -0.4 is 4.74 Å². The third-order valence-corrected chi connectivity index (χ3v) is 2.84. The minimum atomic E-state index is 0.194. The second-order valence-corrected chi connectivity index (χ2v) is 4.77. The highest BCUT2D eigenvalue weighted by Crippen LogP contribution is 2.28. The molecule has 96 valence electrons. The van der Waals surface area contributed by atoms with E-state index in [1.165, 1.54) is 0 Å². The summed E-state index contributed by atoms with van der Waals surface area (Å²) in [7, 11) is 1.83. The second kappa shape index (κ2) is 4.94. The molecule has 2 heterocycles. The average molecular weight is 267 g/mol. The Morgan fingerprint density at radius 1 is 1.33 bits per heavy atom. The van der Waals surface area contributed by atoms with E-state index in [2.05, 4.69) is 15.1 Å². The van der Waals surface area contributed by atoms with Crippen LogP contribution in [0.5, 0.6) is 11.6 Å². The van der Waals surface area contributed by atoms with Crippen molar-refractivity contribution in [1.82, 2.24) is 19.7 Å². The molecule has 0 amide bonds. The van der Waals surface area contributed by atoms with Crippen molar-refractivity contribution in [2.24, 2.45) is 7.05 Å². The van der Waals surface area contributed by atoms with Gasteiger partial charge in [0.25, 0.3) is 0 Å². The van der Waals surface area contributed by atoms with Crippen molar-refractivity contribution in [1.29, 1.82) is 0 Å². The Morgan fingerprint density at radius 2 is 2.06 bits per heavy atom. The highest BCUT2D eigenvalue weighted by molar-refractivity contribution is 6.30. The third-order valence-electron chi connectivity index (χ3n) is 2.47. The molecule has 2 aromatic rings. The second-order valence-electron chi connectivity index (χ2n) is 4.41. The van der Waals surface area contributed by atoms with Crippen LogP contribution in [0.2, 0.25) is 5.15 Å². The molecule has 6 heteroatoms. The SMILES string of the molecule is Cc1c(Cl)nc(C(C)C)nc1Oc1cnn(C)c1. The van der Waals surface area contributed by atoms with Crippen LogP contribution >= 0.6 is 11.6 Å². The number of aryl methyl sites for hydroxylation is 1. The largest absolute Gasteiger partial charge is 0.435 e. The van der Waals surface area contributed by atoms with E-state index in [1.807, 2.05) is 27.8 Å². The first-order valence-electron chi connectivity index (χ1n) is 5.68. The van der Waals surface area contributed by atoms with Crippen molar-refractivity contribution in [3.05, 3.63) is 28.9 Å². The predicted octanol–water partition coefficient (Wildman–Crippen LogP) is 3.09. The molecule has 0 N–H and O–H groups in total. The Kier molecular flexibility index (Phi) is 3.52. The summed E-state index contributed by atoms with van der Waals surface area (Å²) in [6.07, 6.45) is 3.40. The zero-order chi connectivity index (χ0) is 13.3. The molecule has 18 heavy (non-hydrogen) atoms. The molecule has 0 radical (unpaired) electrons. The molecule has 0 bridgehead atoms. The summed E-state index contributed by atoms with van der Waals surface area (Å²) in [5, 5.41) is 4.46. The van der Waals surface area contributed by atoms with E-state index < -0.39 is 0 Å². The molecule has 0 aliphatic rings. The molecule has 2 aromatic heterocycles. The van der Waals surface area contributed by atoms with Crippen molar-refractivity contribution in [2.75, 3.05) is 0 Å². The molecule has 2 rings (SSSR count). The Labute approximate surface area is 111 Å². The van der Waals surface area contributed by atoms with E-state index in [0.717, 1.165) is 5.56 Å². The summed E-state index contributed by atoms with van der Waals surface area (Å²) in [5.74, 6) is 1.97. The molecule has 0 fully saturated rings. The van der Waals surface area contributed by atoms with Gasteiger partial charge in [0.05, 0.1) is 12.4 Å². The van der Waals surface area contributed by atoms with Crippen LogP contribution in [0.3, 0.4) is 0 Å². The van der Waals surface area contributed by atoms with Crippen molar-refractivity contribution in [3.63, 3.8) is 0 Å². The van der Waals surface area contributed by atoms with E-state index >= 15 is 0 Å². The maximum absolute atomic E-state index is 6.08. The van der Waals surface area contributed by atoms with E-state index in [-0.39, 0.29) is 5.92 Å². The first-order valence-corrected chi connectivity index (χ1v) is 6.05. The van der Waals surface area contributed by atoms with Gasteiger partial charge in [0.2, 0.25) is 5.88 Å². The van der Waals surface area contributed by atoms with E-state index in [4.69, 9.17) is 16.3 Å². The fourth-order valence-electron chi connectivity index (χ4n) is 1.41. The Hall–Kier alpha value is -1.62. The molecular formula is C12H15ClN4O. The Morgan fingerprint density at radius 3 is 2.61 bits per heavy atom. The van der Waals surface area contributed by atoms with Gasteiger partial charge in [0.1, 0.15) is 11.0 Å². The van der Waals surface area contributed by atoms with Crippen LogP contribution in [0.4, 0.5) is 0 Å². The van der Waals surface area contributed by atoms with Gasteiger partial charge in [-0.3, -0.25) is 4.68 Å². The van der Waals surface area contributed by atoms with Gasteiger partial charge in [-0.05, 0) is 6.92 Å². The lowest BCUT2D eigenvalue weighted by molar-refractivity contribution is 0.452. The van der Waals surface area contributed by atoms with Gasteiger partial charge in [0.15, 0.2) is 5.75 Å². The lowest BCUT2D eigenvalue weighted by Gasteiger charge is -2.10. The summed E-state index contributed by atoms with van der Waals surface area (Å²) in [6.45, 7) is 5.85. The lowest BCUT2D eigenvalue weighted by Crippen LogP contribution is -2.02. The van der Waals surface area contributed by atoms with Crippen molar-refractivity contribution in [2.45, 2.75) is 26.7 Å². The molecule has 0 saturated carbocycles. The molecular weight excluding hydrogens is 252 g/mol. The van der Waals surface area contributed by atoms with Crippen LogP contribution in [0.15, 0.2) is 12.4 Å². The first kappa shape index (κ1) is 12.8. The summed E-state index contributed by atoms with van der Waals surface area (Å²) < 4.78 is 7.35. The molecule has 5 nitrogen and oxygen atoms in total. The molecule has 0 saturated heterocycles. The van der Waals surface area contributed by atoms with E-state index in [1.54, 1.807) is 17.1 Å². The minimum absolute atomic E-state index is 0.194. The van der Waals surface area contributed by atoms with Crippen LogP contribution in [0, 0.1) is 6.92 Å². The molecule has 0 unspecified atom stereocenters. The fourth-order valence-corrected chi connectivity index (χ4v) is 1.57. The summed E-state index contributed by atoms with van der Waals surface area (Å²) in [5.41, 5.74) is 0.727. The number of ether oxygens (including phenoxy) is 1. The quantitative estimate of drug-likeness (QED) is 0.801. The highest BCUT2D eigenvalue weighted by atomic mass is 35.5. The number of hydrogen-bond donors (Lipinski definition) is 0. The third kappa shape index (κ3) is 2.61. The minimum Gasteiger partial charge on any atom is -0.435 e. The van der Waals surface area contributed by atoms with Gasteiger partial charge in [-0.1, -0.05) is 25.4 Å². The number of nitrogens with zero attached hydrogens (tertiary/aromatic N) is 4. The molecule has 0 aliphatic heterocycles. The number of rotatable bonds is 3. The van der Waals surface area contributed by atoms with Gasteiger partial charge < -0.3 is 4.74 Å². The molecule has 0 spiro atoms. The zero-order valence-electron chi connectivity index (χ0n) is 10.8. The van der Waals surface area contributed by atoms with Crippen molar-refractivity contribution in [3.8, 4) is 11.6 Å². The normalized spacial score (nSPS) is 11.0. The van der Waals surface area contributed by atoms with Crippen LogP contribution in [0.25, 0.3) is 0 Å². The van der Waals surface area contributed by atoms with E-state index in [9.17, 15) is 0 Å². The van der Waals surface area contributed by atoms with Crippen LogP contribution in [-0.4, -0.2) is 19.7 Å². The van der Waals surface area contributed by atoms with Gasteiger partial charge in [-0.2, -0.15) is 10.1 Å². The Balaban J connectivity index is 2.37. The van der Waals surface area contributed by atoms with Crippen molar-refractivity contribution < 1.29 is 4.74 Å². The fraction of sp³-hybridized carbons (Fsp3) is 0.417. The molecule has 0 atom stereocenters. The molecule has 0 aromatic carbocycles. The summed E-state index contributed by atoms with van der Waals surface area (Å²) in [4.78, 5) is 8.62. The van der Waals surface area contributed by atoms with Crippen molar-refractivity contribution >= 4 is 11.6 Å². The topological polar surface area (TPSA) is 52.8 Å². The predicted molar refractivity (Wildman–Crippen MR) is 69.2 cm³/mol. The maximum atomic E-state index is 6.08. The highest BCUT2D eigenvalue weighted by Gasteiger charge is 2.14. The monoisotopic (exact) mass is 266 g/mol. The lowest BCUT2D eigenvalue weighted by atomic mass is 10.2. The summed E-state index contributed by atoms with van der Waals surface area (Å²) in [6, 6.07) is 0. The number of aromatic nitrogens is 4. The van der Waals surface area contributed by atoms with Crippen LogP contribution in [0.1, 0.15) is 31.2 Å². The Bertz CT molecular complexity index is 565. The van der Waals surface area contributed by atoms with Crippen LogP contribution in [-0.2, 0) is 7.05 Å². The average Bonchev–Trinajstić information content (AvgIpc) is 2.70. The smallest absolute Gasteiger partial charge is 0.227 e. The first-order chi connectivity index (χ1) is 8.47. The number of hydrogen-bond acceptors (Lipinski definition) is 4. The van der Waals surface area contributed by atoms with Gasteiger partial charge >= 0.3 is 0 Å².